The molecule has 2 aliphatic heterocycles. The van der Waals surface area contributed by atoms with Gasteiger partial charge in [-0.2, -0.15) is 0 Å². The summed E-state index contributed by atoms with van der Waals surface area (Å²) in [6, 6.07) is 6.82. The number of aliphatic hydroxyl groups is 1. The molecule has 44 heavy (non-hydrogen) atoms. The minimum atomic E-state index is -0.803. The Morgan fingerprint density at radius 1 is 1.25 bits per heavy atom. The average molecular weight is 924 g/mol. The van der Waals surface area contributed by atoms with Gasteiger partial charge in [0.15, 0.2) is 0 Å². The van der Waals surface area contributed by atoms with E-state index in [1.807, 2.05) is 6.92 Å². The Morgan fingerprint density at radius 3 is 2.68 bits per heavy atom. The zero-order valence-electron chi connectivity index (χ0n) is 25.5. The third kappa shape index (κ3) is 6.99. The van der Waals surface area contributed by atoms with Crippen LogP contribution < -0.4 is 19.5 Å². The van der Waals surface area contributed by atoms with Crippen molar-refractivity contribution >= 4 is 82.8 Å². The van der Waals surface area contributed by atoms with Crippen LogP contribution in [0.3, 0.4) is 0 Å². The second-order valence-electron chi connectivity index (χ2n) is 12.5. The number of nitrogens with zero attached hydrogens (tertiary/aromatic N) is 3. The Labute approximate surface area is 290 Å². The summed E-state index contributed by atoms with van der Waals surface area (Å²) < 4.78 is 18.9. The molecular formula is C32H40IN5O4PPb. The Hall–Kier alpha value is -1.35. The predicted molar refractivity (Wildman–Crippen MR) is 188 cm³/mol. The average Bonchev–Trinajstić information content (AvgIpc) is 3.83. The molecule has 12 heteroatoms. The summed E-state index contributed by atoms with van der Waals surface area (Å²) >= 11 is 3.17. The summed E-state index contributed by atoms with van der Waals surface area (Å²) in [5.74, 6) is 1.94. The van der Waals surface area contributed by atoms with Gasteiger partial charge in [-0.1, -0.05) is 0 Å². The number of fused-ring (bicyclic) bond motifs is 1. The number of benzene rings is 2. The van der Waals surface area contributed by atoms with Crippen molar-refractivity contribution in [1.82, 2.24) is 9.97 Å². The first-order valence-electron chi connectivity index (χ1n) is 15.4. The number of ether oxygens (including phenoxy) is 3. The molecule has 3 atom stereocenters. The van der Waals surface area contributed by atoms with Crippen LogP contribution in [-0.4, -0.2) is 88.7 Å². The third-order valence-electron chi connectivity index (χ3n) is 8.69. The molecular weight excluding hydrogens is 883 g/mol. The van der Waals surface area contributed by atoms with Crippen molar-refractivity contribution in [3.63, 3.8) is 0 Å². The van der Waals surface area contributed by atoms with Gasteiger partial charge in [-0.15, -0.1) is 0 Å². The summed E-state index contributed by atoms with van der Waals surface area (Å²) in [7, 11) is 0. The number of hydrogen-bond acceptors (Lipinski definition) is 9. The maximum atomic E-state index is 11.1. The SMILES string of the molecule is Cc1ccc(NPI)c(C=N)c1-c1c(C2CC2)cc2c(N3CCCC(C)(O)C3)nc(OC3CCOCC3)nc2c1O[CH](C)[Pb]. The first-order chi connectivity index (χ1) is 21.2. The third-order valence-corrected chi connectivity index (χ3v) is 10.3. The van der Waals surface area contributed by atoms with Crippen molar-refractivity contribution in [3.8, 4) is 22.9 Å². The second kappa shape index (κ2) is 13.8. The number of aryl methyl sites for hydroxylation is 1. The van der Waals surface area contributed by atoms with E-state index >= 15 is 0 Å². The molecule has 9 nitrogen and oxygen atoms in total. The van der Waals surface area contributed by atoms with Crippen LogP contribution in [0.1, 0.15) is 75.0 Å². The van der Waals surface area contributed by atoms with Gasteiger partial charge in [0.05, 0.1) is 0 Å². The van der Waals surface area contributed by atoms with Crippen molar-refractivity contribution in [1.29, 1.82) is 5.41 Å². The number of hydrogen-bond donors (Lipinski definition) is 3. The van der Waals surface area contributed by atoms with Crippen LogP contribution in [0.25, 0.3) is 22.0 Å². The van der Waals surface area contributed by atoms with Crippen molar-refractivity contribution in [3.05, 3.63) is 34.9 Å². The van der Waals surface area contributed by atoms with E-state index in [1.54, 1.807) is 0 Å². The van der Waals surface area contributed by atoms with Crippen LogP contribution in [-0.2, 0) is 4.74 Å². The fourth-order valence-electron chi connectivity index (χ4n) is 6.49. The molecule has 3 unspecified atom stereocenters. The summed E-state index contributed by atoms with van der Waals surface area (Å²) in [5.41, 5.74) is 6.11. The molecule has 3 fully saturated rings. The molecule has 6 rings (SSSR count). The van der Waals surface area contributed by atoms with Crippen molar-refractivity contribution < 1.29 is 19.3 Å². The number of piperidine rings is 1. The van der Waals surface area contributed by atoms with Gasteiger partial charge in [0.2, 0.25) is 0 Å². The first kappa shape index (κ1) is 32.6. The zero-order chi connectivity index (χ0) is 31.0. The van der Waals surface area contributed by atoms with E-state index < -0.39 is 5.60 Å². The molecule has 0 spiro atoms. The van der Waals surface area contributed by atoms with Gasteiger partial charge in [-0.05, 0) is 0 Å². The van der Waals surface area contributed by atoms with Gasteiger partial charge in [-0.25, -0.2) is 0 Å². The van der Waals surface area contributed by atoms with E-state index in [4.69, 9.17) is 29.6 Å². The molecule has 2 aromatic carbocycles. The summed E-state index contributed by atoms with van der Waals surface area (Å²) in [5, 5.41) is 24.0. The minimum absolute atomic E-state index is 0.0192. The molecule has 1 aromatic heterocycles. The van der Waals surface area contributed by atoms with Crippen LogP contribution >= 0.6 is 28.4 Å². The van der Waals surface area contributed by atoms with Gasteiger partial charge in [0.25, 0.3) is 0 Å². The fourth-order valence-corrected chi connectivity index (χ4v) is 8.14. The van der Waals surface area contributed by atoms with E-state index in [0.29, 0.717) is 38.1 Å². The molecule has 3 aromatic rings. The molecule has 0 amide bonds. The van der Waals surface area contributed by atoms with E-state index in [1.165, 1.54) is 11.8 Å². The molecule has 3 N–H and O–H groups in total. The Bertz CT molecular complexity index is 1550. The summed E-state index contributed by atoms with van der Waals surface area (Å²) in [6.07, 6.45) is 7.38. The molecule has 233 valence electrons. The maximum absolute atomic E-state index is 11.1. The van der Waals surface area contributed by atoms with Crippen LogP contribution in [0.4, 0.5) is 11.5 Å². The summed E-state index contributed by atoms with van der Waals surface area (Å²) in [4.78, 5) is 12.4. The van der Waals surface area contributed by atoms with Crippen molar-refractivity contribution in [2.45, 2.75) is 80.6 Å². The molecule has 3 heterocycles. The number of anilines is 2. The zero-order valence-corrected chi connectivity index (χ0v) is 32.5. The second-order valence-corrected chi connectivity index (χ2v) is 17.7. The predicted octanol–water partition coefficient (Wildman–Crippen LogP) is 6.64. The van der Waals surface area contributed by atoms with Gasteiger partial charge in [-0.3, -0.25) is 0 Å². The Balaban J connectivity index is 1.65. The van der Waals surface area contributed by atoms with Crippen LogP contribution in [0.5, 0.6) is 11.8 Å². The van der Waals surface area contributed by atoms with E-state index in [-0.39, 0.29) is 9.77 Å². The first-order valence-corrected chi connectivity index (χ1v) is 21.8. The topological polar surface area (TPSA) is 113 Å². The van der Waals surface area contributed by atoms with Gasteiger partial charge in [0, 0.05) is 0 Å². The number of β-amino-alcohol motifs (C(OH)–C–C–N with tert-alkyl or cyclic N) is 1. The molecule has 0 bridgehead atoms. The van der Waals surface area contributed by atoms with Gasteiger partial charge < -0.3 is 0 Å². The molecule has 1 aliphatic carbocycles. The molecule has 2 saturated heterocycles. The van der Waals surface area contributed by atoms with Crippen molar-refractivity contribution in [2.24, 2.45) is 0 Å². The summed E-state index contributed by atoms with van der Waals surface area (Å²) in [6.45, 7) is 8.75. The van der Waals surface area contributed by atoms with Crippen LogP contribution in [0, 0.1) is 12.3 Å². The van der Waals surface area contributed by atoms with Crippen LogP contribution in [0.15, 0.2) is 18.2 Å². The van der Waals surface area contributed by atoms with E-state index in [0.717, 1.165) is 121 Å². The van der Waals surface area contributed by atoms with Crippen LogP contribution in [0.2, 0.25) is 0 Å². The Kier molecular flexibility index (Phi) is 10.2. The monoisotopic (exact) mass is 924 g/mol. The number of rotatable bonds is 10. The fraction of sp³-hybridized carbons (Fsp3) is 0.531. The Morgan fingerprint density at radius 2 is 2.02 bits per heavy atom. The molecule has 3 aliphatic rings. The number of halogens is 1. The quantitative estimate of drug-likeness (QED) is 0.0900. The van der Waals surface area contributed by atoms with E-state index in [2.05, 4.69) is 64.1 Å². The normalized spacial score (nSPS) is 22.0. The molecule has 3 radical (unpaired) electrons. The number of aromatic nitrogens is 2. The van der Waals surface area contributed by atoms with E-state index in [9.17, 15) is 5.11 Å². The molecule has 1 saturated carbocycles. The standard InChI is InChI=1S/C32H40IN5O4P.Pb/c1-4-41-29-27(26-19(2)6-9-25(37-43-33)24(26)17-34)22(20-7-8-20)16-23-28(29)35-31(42-21-10-14-40-15-11-21)36-30(23)38-13-5-12-32(3,39)18-38;/h4,6,9,16-17,20-21,34,37,39,43H,5,7-8,10-15,18H2,1-3H3;. The number of nitrogens with one attached hydrogen (secondary N) is 2. The van der Waals surface area contributed by atoms with Gasteiger partial charge >= 0.3 is 292 Å². The van der Waals surface area contributed by atoms with Crippen molar-refractivity contribution in [2.75, 3.05) is 36.3 Å². The van der Waals surface area contributed by atoms with Gasteiger partial charge in [0.1, 0.15) is 0 Å².